The second-order valence-corrected chi connectivity index (χ2v) is 6.42. The van der Waals surface area contributed by atoms with Gasteiger partial charge in [-0.1, -0.05) is 18.2 Å². The Morgan fingerprint density at radius 1 is 1.29 bits per heavy atom. The number of benzene rings is 1. The van der Waals surface area contributed by atoms with Crippen molar-refractivity contribution >= 4 is 5.69 Å². The molecule has 1 N–H and O–H groups in total. The van der Waals surface area contributed by atoms with Gasteiger partial charge < -0.3 is 15.0 Å². The van der Waals surface area contributed by atoms with Gasteiger partial charge in [0.05, 0.1) is 6.10 Å². The number of anilines is 1. The summed E-state index contributed by atoms with van der Waals surface area (Å²) in [6, 6.07) is 9.45. The van der Waals surface area contributed by atoms with Gasteiger partial charge >= 0.3 is 0 Å². The molecule has 3 heteroatoms. The van der Waals surface area contributed by atoms with Crippen molar-refractivity contribution < 1.29 is 4.74 Å². The van der Waals surface area contributed by atoms with Gasteiger partial charge in [-0.15, -0.1) is 0 Å². The van der Waals surface area contributed by atoms with E-state index in [0.29, 0.717) is 12.1 Å². The van der Waals surface area contributed by atoms with Crippen molar-refractivity contribution in [3.8, 4) is 0 Å². The second-order valence-electron chi connectivity index (χ2n) is 6.42. The first-order chi connectivity index (χ1) is 10.3. The van der Waals surface area contributed by atoms with Gasteiger partial charge in [0.1, 0.15) is 0 Å². The zero-order chi connectivity index (χ0) is 14.5. The van der Waals surface area contributed by atoms with Crippen molar-refractivity contribution in [2.75, 3.05) is 31.1 Å². The van der Waals surface area contributed by atoms with Gasteiger partial charge in [0.15, 0.2) is 0 Å². The summed E-state index contributed by atoms with van der Waals surface area (Å²) in [4.78, 5) is 2.59. The summed E-state index contributed by atoms with van der Waals surface area (Å²) in [5, 5.41) is 3.61. The van der Waals surface area contributed by atoms with Crippen LogP contribution in [0, 0.1) is 0 Å². The molecule has 0 amide bonds. The van der Waals surface area contributed by atoms with E-state index in [-0.39, 0.29) is 0 Å². The van der Waals surface area contributed by atoms with E-state index >= 15 is 0 Å². The molecule has 0 aliphatic carbocycles. The molecule has 0 spiro atoms. The van der Waals surface area contributed by atoms with E-state index in [9.17, 15) is 0 Å². The summed E-state index contributed by atoms with van der Waals surface area (Å²) >= 11 is 0. The molecule has 21 heavy (non-hydrogen) atoms. The molecule has 2 aliphatic heterocycles. The molecule has 0 aromatic heterocycles. The number of nitrogens with zero attached hydrogens (tertiary/aromatic N) is 1. The Balaban J connectivity index is 1.57. The average Bonchev–Trinajstić information content (AvgIpc) is 2.92. The molecule has 2 atom stereocenters. The number of aryl methyl sites for hydroxylation is 1. The monoisotopic (exact) mass is 288 g/mol. The fourth-order valence-corrected chi connectivity index (χ4v) is 3.55. The quantitative estimate of drug-likeness (QED) is 0.901. The van der Waals surface area contributed by atoms with Crippen LogP contribution in [-0.4, -0.2) is 38.4 Å². The number of ether oxygens (including phenoxy) is 1. The minimum absolute atomic E-state index is 0.439. The van der Waals surface area contributed by atoms with Crippen molar-refractivity contribution in [3.63, 3.8) is 0 Å². The maximum atomic E-state index is 5.68. The molecule has 116 valence electrons. The highest BCUT2D eigenvalue weighted by Crippen LogP contribution is 2.27. The van der Waals surface area contributed by atoms with Crippen LogP contribution in [-0.2, 0) is 11.2 Å². The SMILES string of the molecule is CC(CNCC1CCCO1)N1CCCCc2ccccc21. The lowest BCUT2D eigenvalue weighted by atomic mass is 10.1. The molecule has 1 aromatic rings. The van der Waals surface area contributed by atoms with E-state index in [1.165, 1.54) is 49.9 Å². The van der Waals surface area contributed by atoms with E-state index in [1.807, 2.05) is 0 Å². The van der Waals surface area contributed by atoms with Crippen LogP contribution >= 0.6 is 0 Å². The maximum absolute atomic E-state index is 5.68. The Kier molecular flexibility index (Phi) is 5.15. The largest absolute Gasteiger partial charge is 0.377 e. The number of rotatable bonds is 5. The van der Waals surface area contributed by atoms with Gasteiger partial charge in [0.25, 0.3) is 0 Å². The van der Waals surface area contributed by atoms with Crippen LogP contribution in [0.15, 0.2) is 24.3 Å². The Labute approximate surface area is 128 Å². The lowest BCUT2D eigenvalue weighted by Gasteiger charge is -2.32. The molecule has 3 rings (SSSR count). The van der Waals surface area contributed by atoms with Crippen molar-refractivity contribution in [1.82, 2.24) is 5.32 Å². The number of fused-ring (bicyclic) bond motifs is 1. The van der Waals surface area contributed by atoms with E-state index in [1.54, 1.807) is 0 Å². The molecule has 1 fully saturated rings. The first-order valence-electron chi connectivity index (χ1n) is 8.51. The van der Waals surface area contributed by atoms with Crippen LogP contribution in [0.3, 0.4) is 0 Å². The molecule has 0 saturated carbocycles. The molecule has 1 saturated heterocycles. The second kappa shape index (κ2) is 7.28. The summed E-state index contributed by atoms with van der Waals surface area (Å²) < 4.78 is 5.68. The predicted molar refractivity (Wildman–Crippen MR) is 88.0 cm³/mol. The van der Waals surface area contributed by atoms with E-state index < -0.39 is 0 Å². The standard InChI is InChI=1S/C18H28N2O/c1-15(13-19-14-17-9-6-12-21-17)20-11-5-4-8-16-7-2-3-10-18(16)20/h2-3,7,10,15,17,19H,4-6,8-9,11-14H2,1H3. The highest BCUT2D eigenvalue weighted by atomic mass is 16.5. The zero-order valence-corrected chi connectivity index (χ0v) is 13.2. The Morgan fingerprint density at radius 2 is 2.19 bits per heavy atom. The van der Waals surface area contributed by atoms with Crippen molar-refractivity contribution in [1.29, 1.82) is 0 Å². The van der Waals surface area contributed by atoms with Gasteiger partial charge in [-0.3, -0.25) is 0 Å². The van der Waals surface area contributed by atoms with Gasteiger partial charge in [-0.05, 0) is 50.7 Å². The minimum atomic E-state index is 0.439. The normalized spacial score (nSPS) is 23.7. The van der Waals surface area contributed by atoms with Crippen LogP contribution in [0.5, 0.6) is 0 Å². The van der Waals surface area contributed by atoms with Crippen molar-refractivity contribution in [3.05, 3.63) is 29.8 Å². The molecule has 0 radical (unpaired) electrons. The number of hydrogen-bond acceptors (Lipinski definition) is 3. The molecule has 2 aliphatic rings. The average molecular weight is 288 g/mol. The third-order valence-corrected chi connectivity index (χ3v) is 4.76. The number of para-hydroxylation sites is 1. The topological polar surface area (TPSA) is 24.5 Å². The van der Waals surface area contributed by atoms with Crippen molar-refractivity contribution in [2.24, 2.45) is 0 Å². The summed E-state index contributed by atoms with van der Waals surface area (Å²) in [6.07, 6.45) is 6.71. The molecule has 1 aromatic carbocycles. The van der Waals surface area contributed by atoms with E-state index in [4.69, 9.17) is 4.74 Å². The third-order valence-electron chi connectivity index (χ3n) is 4.76. The lowest BCUT2D eigenvalue weighted by Crippen LogP contribution is -2.42. The van der Waals surface area contributed by atoms with Crippen LogP contribution in [0.1, 0.15) is 38.2 Å². The molecular weight excluding hydrogens is 260 g/mol. The van der Waals surface area contributed by atoms with Crippen molar-refractivity contribution in [2.45, 2.75) is 51.2 Å². The lowest BCUT2D eigenvalue weighted by molar-refractivity contribution is 0.110. The fraction of sp³-hybridized carbons (Fsp3) is 0.667. The summed E-state index contributed by atoms with van der Waals surface area (Å²) in [5.74, 6) is 0. The maximum Gasteiger partial charge on any atom is 0.0700 e. The Morgan fingerprint density at radius 3 is 3.05 bits per heavy atom. The number of hydrogen-bond donors (Lipinski definition) is 1. The highest BCUT2D eigenvalue weighted by molar-refractivity contribution is 5.55. The minimum Gasteiger partial charge on any atom is -0.377 e. The third kappa shape index (κ3) is 3.78. The first-order valence-corrected chi connectivity index (χ1v) is 8.51. The predicted octanol–water partition coefficient (Wildman–Crippen LogP) is 2.99. The Hall–Kier alpha value is -1.06. The van der Waals surface area contributed by atoms with Gasteiger partial charge in [-0.2, -0.15) is 0 Å². The zero-order valence-electron chi connectivity index (χ0n) is 13.2. The molecule has 3 nitrogen and oxygen atoms in total. The molecule has 0 bridgehead atoms. The van der Waals surface area contributed by atoms with Crippen LogP contribution in [0.2, 0.25) is 0 Å². The van der Waals surface area contributed by atoms with Gasteiger partial charge in [-0.25, -0.2) is 0 Å². The number of nitrogens with one attached hydrogen (secondary N) is 1. The summed E-state index contributed by atoms with van der Waals surface area (Å²) in [5.41, 5.74) is 2.96. The Bertz CT molecular complexity index is 443. The summed E-state index contributed by atoms with van der Waals surface area (Å²) in [6.45, 7) is 6.50. The van der Waals surface area contributed by atoms with Crippen LogP contribution < -0.4 is 10.2 Å². The summed E-state index contributed by atoms with van der Waals surface area (Å²) in [7, 11) is 0. The first kappa shape index (κ1) is 14.9. The van der Waals surface area contributed by atoms with Crippen LogP contribution in [0.25, 0.3) is 0 Å². The molecule has 2 heterocycles. The highest BCUT2D eigenvalue weighted by Gasteiger charge is 2.20. The smallest absolute Gasteiger partial charge is 0.0700 e. The van der Waals surface area contributed by atoms with Crippen LogP contribution in [0.4, 0.5) is 5.69 Å². The van der Waals surface area contributed by atoms with Gasteiger partial charge in [0.2, 0.25) is 0 Å². The molecule has 2 unspecified atom stereocenters. The fourth-order valence-electron chi connectivity index (χ4n) is 3.55. The van der Waals surface area contributed by atoms with Gasteiger partial charge in [0, 0.05) is 38.0 Å². The van der Waals surface area contributed by atoms with E-state index in [0.717, 1.165) is 19.7 Å². The molecular formula is C18H28N2O. The van der Waals surface area contributed by atoms with E-state index in [2.05, 4.69) is 41.4 Å².